The molecule has 4 unspecified atom stereocenters. The number of amides is 1. The Bertz CT molecular complexity index is 1200. The van der Waals surface area contributed by atoms with Gasteiger partial charge in [0.05, 0.1) is 47.4 Å². The summed E-state index contributed by atoms with van der Waals surface area (Å²) in [4.78, 5) is 24.8. The molecule has 34 heavy (non-hydrogen) atoms. The molecule has 4 rings (SSSR count). The van der Waals surface area contributed by atoms with E-state index in [9.17, 15) is 23.8 Å². The van der Waals surface area contributed by atoms with Crippen molar-refractivity contribution in [2.24, 2.45) is 0 Å². The van der Waals surface area contributed by atoms with Crippen LogP contribution in [0, 0.1) is 11.6 Å². The largest absolute Gasteiger partial charge is 0.396 e. The van der Waals surface area contributed by atoms with E-state index in [0.717, 1.165) is 18.3 Å². The van der Waals surface area contributed by atoms with Crippen molar-refractivity contribution in [2.75, 3.05) is 16.9 Å². The fraction of sp³-hybridized carbons (Fsp3) is 0.273. The van der Waals surface area contributed by atoms with Gasteiger partial charge in [0.2, 0.25) is 0 Å². The second-order valence-corrected chi connectivity index (χ2v) is 7.93. The molecule has 0 radical (unpaired) electrons. The van der Waals surface area contributed by atoms with Crippen LogP contribution in [0.1, 0.15) is 28.6 Å². The Morgan fingerprint density at radius 1 is 1.24 bits per heavy atom. The Hall–Kier alpha value is -3.25. The Balaban J connectivity index is 1.64. The van der Waals surface area contributed by atoms with E-state index < -0.39 is 47.5 Å². The van der Waals surface area contributed by atoms with E-state index in [2.05, 4.69) is 20.3 Å². The number of aliphatic hydroxyl groups is 2. The molecule has 3 aromatic rings. The van der Waals surface area contributed by atoms with Crippen LogP contribution >= 0.6 is 11.6 Å². The van der Waals surface area contributed by atoms with E-state index in [0.29, 0.717) is 5.56 Å². The second-order valence-electron chi connectivity index (χ2n) is 7.62. The SMILES string of the molecule is Nc1cnc(-c2c(F)cccc2F)nc1C(=O)Nc1cnccc1C1CC(O)C(O)C(CCl)O1. The fourth-order valence-corrected chi connectivity index (χ4v) is 3.91. The summed E-state index contributed by atoms with van der Waals surface area (Å²) in [7, 11) is 0. The lowest BCUT2D eigenvalue weighted by Gasteiger charge is -2.37. The van der Waals surface area contributed by atoms with Crippen molar-refractivity contribution in [3.8, 4) is 11.4 Å². The molecule has 1 fully saturated rings. The number of anilines is 2. The summed E-state index contributed by atoms with van der Waals surface area (Å²) in [5, 5.41) is 22.8. The number of nitrogens with two attached hydrogens (primary N) is 1. The highest BCUT2D eigenvalue weighted by molar-refractivity contribution is 6.18. The first-order valence-corrected chi connectivity index (χ1v) is 10.7. The molecule has 1 aromatic carbocycles. The third kappa shape index (κ3) is 4.68. The third-order valence-electron chi connectivity index (χ3n) is 5.39. The number of pyridine rings is 1. The van der Waals surface area contributed by atoms with Gasteiger partial charge in [0.15, 0.2) is 11.5 Å². The topological polar surface area (TPSA) is 143 Å². The van der Waals surface area contributed by atoms with E-state index in [1.165, 1.54) is 18.5 Å². The number of hydrogen-bond donors (Lipinski definition) is 4. The summed E-state index contributed by atoms with van der Waals surface area (Å²) in [6, 6.07) is 4.87. The summed E-state index contributed by atoms with van der Waals surface area (Å²) in [5.41, 5.74) is 5.65. The smallest absolute Gasteiger partial charge is 0.276 e. The molecule has 2 aromatic heterocycles. The lowest BCUT2D eigenvalue weighted by Crippen LogP contribution is -2.46. The lowest BCUT2D eigenvalue weighted by molar-refractivity contribution is -0.162. The number of carbonyl (C=O) groups is 1. The number of carbonyl (C=O) groups excluding carboxylic acids is 1. The summed E-state index contributed by atoms with van der Waals surface area (Å²) in [6.07, 6.45) is 0.211. The van der Waals surface area contributed by atoms with Crippen LogP contribution in [0.3, 0.4) is 0 Å². The molecular formula is C22H20ClF2N5O4. The molecule has 0 spiro atoms. The fourth-order valence-electron chi connectivity index (χ4n) is 3.66. The van der Waals surface area contributed by atoms with Gasteiger partial charge in [-0.3, -0.25) is 9.78 Å². The zero-order chi connectivity index (χ0) is 24.4. The Labute approximate surface area is 197 Å². The number of aromatic nitrogens is 3. The van der Waals surface area contributed by atoms with E-state index in [-0.39, 0.29) is 35.2 Å². The molecule has 3 heterocycles. The van der Waals surface area contributed by atoms with Crippen LogP contribution in [0.2, 0.25) is 0 Å². The minimum Gasteiger partial charge on any atom is -0.396 e. The molecule has 12 heteroatoms. The van der Waals surface area contributed by atoms with E-state index in [1.54, 1.807) is 6.07 Å². The standard InChI is InChI=1S/C22H20ClF2N5O4/c23-7-17-20(32)15(31)6-16(34-17)10-4-5-27-9-14(10)29-22(33)19-13(26)8-28-21(30-19)18-11(24)2-1-3-12(18)25/h1-5,8-9,15-17,20,31-32H,6-7,26H2,(H,29,33). The number of nitrogens with one attached hydrogen (secondary N) is 1. The summed E-state index contributed by atoms with van der Waals surface area (Å²) in [6.45, 7) is 0. The maximum Gasteiger partial charge on any atom is 0.276 e. The summed E-state index contributed by atoms with van der Waals surface area (Å²) >= 11 is 5.84. The Morgan fingerprint density at radius 2 is 1.97 bits per heavy atom. The normalized spacial score (nSPS) is 22.4. The minimum atomic E-state index is -1.15. The molecule has 0 saturated carbocycles. The molecule has 5 N–H and O–H groups in total. The maximum absolute atomic E-state index is 14.2. The average molecular weight is 492 g/mol. The van der Waals surface area contributed by atoms with E-state index >= 15 is 0 Å². The van der Waals surface area contributed by atoms with Crippen molar-refractivity contribution < 1.29 is 28.5 Å². The molecule has 1 aliphatic rings. The second kappa shape index (κ2) is 9.94. The predicted molar refractivity (Wildman–Crippen MR) is 119 cm³/mol. The van der Waals surface area contributed by atoms with E-state index in [4.69, 9.17) is 22.1 Å². The van der Waals surface area contributed by atoms with Crippen LogP contribution in [0.15, 0.2) is 42.9 Å². The maximum atomic E-state index is 14.2. The van der Waals surface area contributed by atoms with Gasteiger partial charge in [-0.05, 0) is 18.2 Å². The molecule has 1 saturated heterocycles. The number of alkyl halides is 1. The Kier molecular flexibility index (Phi) is 6.98. The van der Waals surface area contributed by atoms with Crippen LogP contribution < -0.4 is 11.1 Å². The minimum absolute atomic E-state index is 0.0473. The number of ether oxygens (including phenoxy) is 1. The van der Waals surface area contributed by atoms with Crippen molar-refractivity contribution >= 4 is 28.9 Å². The number of aliphatic hydroxyl groups excluding tert-OH is 2. The van der Waals surface area contributed by atoms with Crippen LogP contribution in [-0.4, -0.2) is 55.3 Å². The van der Waals surface area contributed by atoms with Crippen LogP contribution in [0.5, 0.6) is 0 Å². The van der Waals surface area contributed by atoms with Crippen molar-refractivity contribution in [3.05, 3.63) is 65.7 Å². The number of nitrogen functional groups attached to an aromatic ring is 1. The van der Waals surface area contributed by atoms with E-state index in [1.807, 2.05) is 0 Å². The lowest BCUT2D eigenvalue weighted by atomic mass is 9.94. The van der Waals surface area contributed by atoms with Gasteiger partial charge in [-0.25, -0.2) is 18.7 Å². The average Bonchev–Trinajstić information content (AvgIpc) is 2.82. The molecule has 0 aliphatic carbocycles. The molecule has 4 atom stereocenters. The summed E-state index contributed by atoms with van der Waals surface area (Å²) < 4.78 is 34.2. The van der Waals surface area contributed by atoms with Gasteiger partial charge >= 0.3 is 0 Å². The zero-order valence-corrected chi connectivity index (χ0v) is 18.3. The number of rotatable bonds is 5. The highest BCUT2D eigenvalue weighted by Gasteiger charge is 2.37. The number of halogens is 3. The van der Waals surface area contributed by atoms with Crippen LogP contribution in [0.4, 0.5) is 20.2 Å². The van der Waals surface area contributed by atoms with Gasteiger partial charge in [0.25, 0.3) is 5.91 Å². The van der Waals surface area contributed by atoms with Crippen molar-refractivity contribution in [2.45, 2.75) is 30.8 Å². The zero-order valence-electron chi connectivity index (χ0n) is 17.5. The first-order valence-electron chi connectivity index (χ1n) is 10.2. The monoisotopic (exact) mass is 491 g/mol. The van der Waals surface area contributed by atoms with Crippen molar-refractivity contribution in [1.82, 2.24) is 15.0 Å². The summed E-state index contributed by atoms with van der Waals surface area (Å²) in [5.74, 6) is -2.96. The number of hydrogen-bond acceptors (Lipinski definition) is 8. The highest BCUT2D eigenvalue weighted by atomic mass is 35.5. The highest BCUT2D eigenvalue weighted by Crippen LogP contribution is 2.36. The number of benzene rings is 1. The van der Waals surface area contributed by atoms with Gasteiger partial charge in [-0.1, -0.05) is 6.07 Å². The molecule has 0 bridgehead atoms. The van der Waals surface area contributed by atoms with Crippen molar-refractivity contribution in [3.63, 3.8) is 0 Å². The molecule has 178 valence electrons. The van der Waals surface area contributed by atoms with Gasteiger partial charge < -0.3 is 26.0 Å². The molecule has 1 amide bonds. The van der Waals surface area contributed by atoms with Crippen molar-refractivity contribution in [1.29, 1.82) is 0 Å². The Morgan fingerprint density at radius 3 is 2.68 bits per heavy atom. The first kappa shape index (κ1) is 23.9. The van der Waals surface area contributed by atoms with Gasteiger partial charge in [0, 0.05) is 18.2 Å². The van der Waals surface area contributed by atoms with Gasteiger partial charge in [-0.15, -0.1) is 11.6 Å². The molecular weight excluding hydrogens is 472 g/mol. The van der Waals surface area contributed by atoms with Crippen LogP contribution in [0.25, 0.3) is 11.4 Å². The predicted octanol–water partition coefficient (Wildman–Crippen LogP) is 2.44. The quantitative estimate of drug-likeness (QED) is 0.398. The van der Waals surface area contributed by atoms with Gasteiger partial charge in [-0.2, -0.15) is 0 Å². The molecule has 1 aliphatic heterocycles. The number of nitrogens with zero attached hydrogens (tertiary/aromatic N) is 3. The van der Waals surface area contributed by atoms with Gasteiger partial charge in [0.1, 0.15) is 23.8 Å². The first-order chi connectivity index (χ1) is 16.3. The third-order valence-corrected chi connectivity index (χ3v) is 5.69. The molecule has 9 nitrogen and oxygen atoms in total. The van der Waals surface area contributed by atoms with Crippen LogP contribution in [-0.2, 0) is 4.74 Å².